The Labute approximate surface area is 162 Å². The molecule has 1 unspecified atom stereocenters. The number of nitrogens with zero attached hydrogens (tertiary/aromatic N) is 2. The van der Waals surface area contributed by atoms with Gasteiger partial charge in [0, 0.05) is 44.3 Å². The van der Waals surface area contributed by atoms with Gasteiger partial charge in [0.1, 0.15) is 0 Å². The van der Waals surface area contributed by atoms with Crippen LogP contribution < -0.4 is 16.0 Å². The van der Waals surface area contributed by atoms with Gasteiger partial charge < -0.3 is 20.7 Å². The molecule has 1 saturated heterocycles. The second-order valence-corrected chi connectivity index (χ2v) is 6.63. The highest BCUT2D eigenvalue weighted by Crippen LogP contribution is 2.07. The number of ether oxygens (including phenoxy) is 1. The van der Waals surface area contributed by atoms with Crippen LogP contribution in [0.3, 0.4) is 0 Å². The molecule has 1 fully saturated rings. The lowest BCUT2D eigenvalue weighted by Gasteiger charge is -2.32. The maximum Gasteiger partial charge on any atom is 0.251 e. The Bertz CT molecular complexity index is 614. The van der Waals surface area contributed by atoms with Crippen LogP contribution in [-0.4, -0.2) is 68.7 Å². The molecular formula is C20H33N5O2. The zero-order valence-corrected chi connectivity index (χ0v) is 16.8. The second kappa shape index (κ2) is 11.6. The predicted molar refractivity (Wildman–Crippen MR) is 109 cm³/mol. The topological polar surface area (TPSA) is 78.0 Å². The van der Waals surface area contributed by atoms with E-state index in [4.69, 9.17) is 4.74 Å². The van der Waals surface area contributed by atoms with Gasteiger partial charge in [-0.1, -0.05) is 12.1 Å². The fourth-order valence-corrected chi connectivity index (χ4v) is 2.98. The standard InChI is InChI=1S/C20H33N5O2/c1-4-21-19(26)18-8-6-7-17(13-18)15-24-20(22-5-2)23-14-16(3)25-9-11-27-12-10-25/h6-8,13,16H,4-5,9-12,14-15H2,1-3H3,(H,21,26)(H2,22,23,24). The van der Waals surface area contributed by atoms with Crippen molar-refractivity contribution in [3.63, 3.8) is 0 Å². The van der Waals surface area contributed by atoms with Crippen molar-refractivity contribution in [2.75, 3.05) is 45.9 Å². The third-order valence-electron chi connectivity index (χ3n) is 4.52. The summed E-state index contributed by atoms with van der Waals surface area (Å²) in [5, 5.41) is 9.53. The van der Waals surface area contributed by atoms with Crippen LogP contribution >= 0.6 is 0 Å². The van der Waals surface area contributed by atoms with Gasteiger partial charge in [0.15, 0.2) is 5.96 Å². The number of carbonyl (C=O) groups excluding carboxylic acids is 1. The number of benzene rings is 1. The number of aliphatic imine (C=N–C) groups is 1. The van der Waals surface area contributed by atoms with Crippen molar-refractivity contribution < 1.29 is 9.53 Å². The lowest BCUT2D eigenvalue weighted by Crippen LogP contribution is -2.49. The zero-order chi connectivity index (χ0) is 19.5. The average Bonchev–Trinajstić information content (AvgIpc) is 2.71. The summed E-state index contributed by atoms with van der Waals surface area (Å²) < 4.78 is 5.42. The predicted octanol–water partition coefficient (Wildman–Crippen LogP) is 1.21. The molecule has 0 aromatic heterocycles. The highest BCUT2D eigenvalue weighted by molar-refractivity contribution is 5.94. The van der Waals surface area contributed by atoms with Gasteiger partial charge >= 0.3 is 0 Å². The number of rotatable bonds is 8. The number of amides is 1. The van der Waals surface area contributed by atoms with E-state index < -0.39 is 0 Å². The van der Waals surface area contributed by atoms with Crippen molar-refractivity contribution in [3.05, 3.63) is 35.4 Å². The molecular weight excluding hydrogens is 342 g/mol. The fourth-order valence-electron chi connectivity index (χ4n) is 2.98. The van der Waals surface area contributed by atoms with Crippen LogP contribution in [0.1, 0.15) is 36.7 Å². The van der Waals surface area contributed by atoms with Crippen LogP contribution in [0.25, 0.3) is 0 Å². The van der Waals surface area contributed by atoms with Crippen molar-refractivity contribution in [1.82, 2.24) is 20.9 Å². The van der Waals surface area contributed by atoms with E-state index in [0.717, 1.165) is 50.9 Å². The summed E-state index contributed by atoms with van der Waals surface area (Å²) in [6.45, 7) is 12.5. The number of morpholine rings is 1. The first-order chi connectivity index (χ1) is 13.1. The number of hydrogen-bond acceptors (Lipinski definition) is 4. The average molecular weight is 376 g/mol. The van der Waals surface area contributed by atoms with Crippen molar-refractivity contribution in [3.8, 4) is 0 Å². The van der Waals surface area contributed by atoms with Gasteiger partial charge in [-0.3, -0.25) is 9.69 Å². The third kappa shape index (κ3) is 7.19. The quantitative estimate of drug-likeness (QED) is 0.470. The first kappa shape index (κ1) is 21.2. The van der Waals surface area contributed by atoms with Gasteiger partial charge in [-0.25, -0.2) is 4.99 Å². The molecule has 1 aliphatic heterocycles. The molecule has 0 radical (unpaired) electrons. The van der Waals surface area contributed by atoms with E-state index in [1.54, 1.807) is 0 Å². The lowest BCUT2D eigenvalue weighted by atomic mass is 10.1. The number of carbonyl (C=O) groups is 1. The van der Waals surface area contributed by atoms with Gasteiger partial charge in [0.25, 0.3) is 5.91 Å². The molecule has 0 spiro atoms. The normalized spacial score (nSPS) is 16.6. The molecule has 1 aromatic rings. The van der Waals surface area contributed by atoms with Crippen LogP contribution in [0, 0.1) is 0 Å². The lowest BCUT2D eigenvalue weighted by molar-refractivity contribution is 0.0211. The molecule has 7 nitrogen and oxygen atoms in total. The maximum atomic E-state index is 12.0. The van der Waals surface area contributed by atoms with Gasteiger partial charge in [-0.15, -0.1) is 0 Å². The summed E-state index contributed by atoms with van der Waals surface area (Å²) in [4.78, 5) is 19.1. The number of guanidine groups is 1. The Hall–Kier alpha value is -2.12. The van der Waals surface area contributed by atoms with E-state index in [-0.39, 0.29) is 5.91 Å². The van der Waals surface area contributed by atoms with Crippen molar-refractivity contribution >= 4 is 11.9 Å². The molecule has 1 amide bonds. The molecule has 0 saturated carbocycles. The molecule has 150 valence electrons. The molecule has 1 aliphatic rings. The summed E-state index contributed by atoms with van der Waals surface area (Å²) in [6, 6.07) is 8.03. The van der Waals surface area contributed by atoms with Crippen LogP contribution in [0.4, 0.5) is 0 Å². The summed E-state index contributed by atoms with van der Waals surface area (Å²) >= 11 is 0. The Morgan fingerprint density at radius 1 is 1.19 bits per heavy atom. The maximum absolute atomic E-state index is 12.0. The molecule has 2 rings (SSSR count). The highest BCUT2D eigenvalue weighted by Gasteiger charge is 2.17. The number of nitrogens with one attached hydrogen (secondary N) is 3. The first-order valence-electron chi connectivity index (χ1n) is 9.85. The molecule has 3 N–H and O–H groups in total. The van der Waals surface area contributed by atoms with Gasteiger partial charge in [0.05, 0.1) is 19.8 Å². The Kier molecular flexibility index (Phi) is 9.07. The zero-order valence-electron chi connectivity index (χ0n) is 16.8. The van der Waals surface area contributed by atoms with E-state index in [9.17, 15) is 4.79 Å². The van der Waals surface area contributed by atoms with Gasteiger partial charge in [-0.05, 0) is 38.5 Å². The number of hydrogen-bond donors (Lipinski definition) is 3. The minimum absolute atomic E-state index is 0.0484. The Morgan fingerprint density at radius 2 is 1.93 bits per heavy atom. The van der Waals surface area contributed by atoms with Gasteiger partial charge in [0.2, 0.25) is 0 Å². The largest absolute Gasteiger partial charge is 0.379 e. The molecule has 27 heavy (non-hydrogen) atoms. The summed E-state index contributed by atoms with van der Waals surface area (Å²) in [7, 11) is 0. The monoisotopic (exact) mass is 375 g/mol. The minimum Gasteiger partial charge on any atom is -0.379 e. The Balaban J connectivity index is 1.92. The summed E-state index contributed by atoms with van der Waals surface area (Å²) in [6.07, 6.45) is 0. The van der Waals surface area contributed by atoms with Crippen molar-refractivity contribution in [1.29, 1.82) is 0 Å². The molecule has 7 heteroatoms. The molecule has 0 bridgehead atoms. The SMILES string of the molecule is CCNC(=O)c1cccc(CN=C(NCC)NCC(C)N2CCOCC2)c1. The van der Waals surface area contributed by atoms with E-state index in [1.807, 2.05) is 31.2 Å². The second-order valence-electron chi connectivity index (χ2n) is 6.63. The van der Waals surface area contributed by atoms with E-state index in [1.165, 1.54) is 0 Å². The first-order valence-corrected chi connectivity index (χ1v) is 9.85. The summed E-state index contributed by atoms with van der Waals surface area (Å²) in [5.74, 6) is 0.744. The van der Waals surface area contributed by atoms with Crippen molar-refractivity contribution in [2.24, 2.45) is 4.99 Å². The van der Waals surface area contributed by atoms with E-state index in [2.05, 4.69) is 39.7 Å². The summed E-state index contributed by atoms with van der Waals surface area (Å²) in [5.41, 5.74) is 1.68. The van der Waals surface area contributed by atoms with Crippen LogP contribution in [0.2, 0.25) is 0 Å². The van der Waals surface area contributed by atoms with Gasteiger partial charge in [-0.2, -0.15) is 0 Å². The highest BCUT2D eigenvalue weighted by atomic mass is 16.5. The molecule has 1 heterocycles. The fraction of sp³-hybridized carbons (Fsp3) is 0.600. The molecule has 0 aliphatic carbocycles. The third-order valence-corrected chi connectivity index (χ3v) is 4.52. The Morgan fingerprint density at radius 3 is 2.63 bits per heavy atom. The molecule has 1 aromatic carbocycles. The van der Waals surface area contributed by atoms with Crippen molar-refractivity contribution in [2.45, 2.75) is 33.4 Å². The van der Waals surface area contributed by atoms with Crippen LogP contribution in [0.5, 0.6) is 0 Å². The molecule has 1 atom stereocenters. The minimum atomic E-state index is -0.0484. The van der Waals surface area contributed by atoms with Crippen LogP contribution in [0.15, 0.2) is 29.3 Å². The van der Waals surface area contributed by atoms with Crippen LogP contribution in [-0.2, 0) is 11.3 Å². The van der Waals surface area contributed by atoms with E-state index >= 15 is 0 Å². The smallest absolute Gasteiger partial charge is 0.251 e. The van der Waals surface area contributed by atoms with E-state index in [0.29, 0.717) is 24.7 Å².